The maximum absolute atomic E-state index is 13.1. The number of aromatic nitrogens is 3. The van der Waals surface area contributed by atoms with Gasteiger partial charge in [0.15, 0.2) is 11.8 Å². The van der Waals surface area contributed by atoms with E-state index in [-0.39, 0.29) is 16.7 Å². The van der Waals surface area contributed by atoms with Crippen LogP contribution in [0, 0.1) is 0 Å². The predicted octanol–water partition coefficient (Wildman–Crippen LogP) is -0.0564. The molecule has 4 rings (SSSR count). The molecule has 3 heterocycles. The lowest BCUT2D eigenvalue weighted by molar-refractivity contribution is -0.274. The lowest BCUT2D eigenvalue weighted by Gasteiger charge is -2.19. The van der Waals surface area contributed by atoms with Crippen molar-refractivity contribution in [3.05, 3.63) is 57.0 Å². The smallest absolute Gasteiger partial charge is 0.406 e. The van der Waals surface area contributed by atoms with Gasteiger partial charge in [-0.25, -0.2) is 13.9 Å². The fraction of sp³-hybridized carbons (Fsp3) is 0.389. The maximum atomic E-state index is 13.1. The first kappa shape index (κ1) is 30.1. The third-order valence-electron chi connectivity index (χ3n) is 5.38. The van der Waals surface area contributed by atoms with Crippen LogP contribution < -0.4 is 16.0 Å². The Balaban J connectivity index is 1.58. The standard InChI is InChI=1S/C18H18F3N3O14P2/c19-18(20,21)36-8-1-2-11-9(5-8)10(22-37-11)6-24-13(25)3-4-23(17(24)28)16-15(27)14(26)12(35-16)7-34-40(32,33)38-39(29,30)31/h1-5,12,14-16,26-27H,6-7H2,(H,32,33)(H2,29,30,31)/t12-,14?,15?,16-/m1/s1. The molecule has 0 radical (unpaired) electrons. The molecule has 2 aromatic heterocycles. The molecule has 0 saturated carbocycles. The molecule has 3 unspecified atom stereocenters. The Morgan fingerprint density at radius 2 is 1.77 bits per heavy atom. The van der Waals surface area contributed by atoms with Crippen molar-refractivity contribution < 1.29 is 70.0 Å². The van der Waals surface area contributed by atoms with Gasteiger partial charge < -0.3 is 38.9 Å². The van der Waals surface area contributed by atoms with Crippen molar-refractivity contribution in [2.24, 2.45) is 0 Å². The summed E-state index contributed by atoms with van der Waals surface area (Å²) in [5.41, 5.74) is -2.16. The third-order valence-corrected chi connectivity index (χ3v) is 7.53. The van der Waals surface area contributed by atoms with Crippen LogP contribution in [0.5, 0.6) is 5.75 Å². The van der Waals surface area contributed by atoms with Crippen molar-refractivity contribution in [2.45, 2.75) is 37.4 Å². The highest BCUT2D eigenvalue weighted by Gasteiger charge is 2.46. The second kappa shape index (κ2) is 10.8. The SMILES string of the molecule is O=c1ccn([C@@H]2O[C@H](COP(=O)(O)OP(=O)(O)O)C(O)C2O)c(=O)n1Cc1noc2ccc(OC(F)(F)F)cc12. The van der Waals surface area contributed by atoms with Crippen molar-refractivity contribution in [2.75, 3.05) is 6.61 Å². The molecule has 5 atom stereocenters. The van der Waals surface area contributed by atoms with Crippen LogP contribution in [0.2, 0.25) is 0 Å². The summed E-state index contributed by atoms with van der Waals surface area (Å²) < 4.78 is 83.6. The van der Waals surface area contributed by atoms with Gasteiger partial charge in [0.25, 0.3) is 5.56 Å². The van der Waals surface area contributed by atoms with E-state index in [2.05, 4.69) is 18.7 Å². The van der Waals surface area contributed by atoms with Gasteiger partial charge in [-0.1, -0.05) is 5.16 Å². The van der Waals surface area contributed by atoms with E-state index in [0.29, 0.717) is 9.13 Å². The van der Waals surface area contributed by atoms with E-state index in [1.54, 1.807) is 0 Å². The van der Waals surface area contributed by atoms with Crippen molar-refractivity contribution in [3.63, 3.8) is 0 Å². The zero-order valence-electron chi connectivity index (χ0n) is 19.4. The molecule has 40 heavy (non-hydrogen) atoms. The molecular formula is C18H18F3N3O14P2. The number of rotatable bonds is 9. The first-order valence-electron chi connectivity index (χ1n) is 10.7. The predicted molar refractivity (Wildman–Crippen MR) is 120 cm³/mol. The number of aliphatic hydroxyl groups is 2. The Bertz CT molecular complexity index is 1610. The van der Waals surface area contributed by atoms with Gasteiger partial charge in [0.1, 0.15) is 29.8 Å². The van der Waals surface area contributed by atoms with E-state index in [4.69, 9.17) is 19.0 Å². The molecular weight excluding hydrogens is 601 g/mol. The van der Waals surface area contributed by atoms with Crippen molar-refractivity contribution >= 4 is 26.6 Å². The Morgan fingerprint density at radius 1 is 1.07 bits per heavy atom. The van der Waals surface area contributed by atoms with Gasteiger partial charge >= 0.3 is 27.7 Å². The first-order chi connectivity index (χ1) is 18.4. The Kier molecular flexibility index (Phi) is 8.14. The Labute approximate surface area is 218 Å². The molecule has 0 bridgehead atoms. The number of fused-ring (bicyclic) bond motifs is 1. The Morgan fingerprint density at radius 3 is 2.42 bits per heavy atom. The fourth-order valence-electron chi connectivity index (χ4n) is 3.72. The second-order valence-electron chi connectivity index (χ2n) is 8.15. The minimum atomic E-state index is -5.44. The molecule has 0 aliphatic carbocycles. The number of phosphoric acid groups is 2. The molecule has 220 valence electrons. The van der Waals surface area contributed by atoms with E-state index in [1.807, 2.05) is 0 Å². The highest BCUT2D eigenvalue weighted by atomic mass is 31.3. The molecule has 17 nitrogen and oxygen atoms in total. The summed E-state index contributed by atoms with van der Waals surface area (Å²) in [6, 6.07) is 3.89. The molecule has 1 aliphatic rings. The van der Waals surface area contributed by atoms with Gasteiger partial charge in [0.2, 0.25) is 0 Å². The van der Waals surface area contributed by atoms with Gasteiger partial charge in [-0.2, -0.15) is 4.31 Å². The minimum Gasteiger partial charge on any atom is -0.406 e. The number of benzene rings is 1. The normalized spacial score (nSPS) is 23.4. The van der Waals surface area contributed by atoms with Crippen LogP contribution >= 0.6 is 15.6 Å². The van der Waals surface area contributed by atoms with Crippen LogP contribution in [-0.2, 0) is 29.2 Å². The monoisotopic (exact) mass is 619 g/mol. The second-order valence-corrected chi connectivity index (χ2v) is 11.0. The lowest BCUT2D eigenvalue weighted by Crippen LogP contribution is -2.43. The van der Waals surface area contributed by atoms with Crippen LogP contribution in [-0.4, -0.2) is 70.5 Å². The van der Waals surface area contributed by atoms with E-state index >= 15 is 0 Å². The molecule has 0 amide bonds. The zero-order valence-corrected chi connectivity index (χ0v) is 21.2. The van der Waals surface area contributed by atoms with Crippen LogP contribution in [0.3, 0.4) is 0 Å². The molecule has 1 aliphatic heterocycles. The number of phosphoric ester groups is 1. The quantitative estimate of drug-likeness (QED) is 0.197. The van der Waals surface area contributed by atoms with Crippen molar-refractivity contribution in [1.82, 2.24) is 14.3 Å². The highest BCUT2D eigenvalue weighted by molar-refractivity contribution is 7.60. The van der Waals surface area contributed by atoms with E-state index in [9.17, 15) is 47.0 Å². The molecule has 1 aromatic carbocycles. The number of halogens is 3. The first-order valence-corrected chi connectivity index (χ1v) is 13.7. The topological polar surface area (TPSA) is 242 Å². The molecule has 5 N–H and O–H groups in total. The average molecular weight is 619 g/mol. The number of nitrogens with zero attached hydrogens (tertiary/aromatic N) is 3. The molecule has 22 heteroatoms. The summed E-state index contributed by atoms with van der Waals surface area (Å²) in [7, 11) is -10.8. The summed E-state index contributed by atoms with van der Waals surface area (Å²) >= 11 is 0. The van der Waals surface area contributed by atoms with Crippen molar-refractivity contribution in [1.29, 1.82) is 0 Å². The summed E-state index contributed by atoms with van der Waals surface area (Å²) in [4.78, 5) is 52.3. The fourth-order valence-corrected chi connectivity index (χ4v) is 5.32. The molecule has 3 aromatic rings. The molecule has 1 saturated heterocycles. The third kappa shape index (κ3) is 6.87. The number of alkyl halides is 3. The summed E-state index contributed by atoms with van der Waals surface area (Å²) in [5.74, 6) is -0.620. The van der Waals surface area contributed by atoms with Gasteiger partial charge in [-0.05, 0) is 18.2 Å². The number of ether oxygens (including phenoxy) is 2. The summed E-state index contributed by atoms with van der Waals surface area (Å²) in [6.45, 7) is -1.66. The van der Waals surface area contributed by atoms with E-state index in [0.717, 1.165) is 30.5 Å². The number of hydrogen-bond acceptors (Lipinski definition) is 12. The summed E-state index contributed by atoms with van der Waals surface area (Å²) in [6.07, 6.45) is -11.2. The number of aliphatic hydroxyl groups excluding tert-OH is 2. The van der Waals surface area contributed by atoms with Crippen LogP contribution in [0.25, 0.3) is 11.0 Å². The van der Waals surface area contributed by atoms with Gasteiger partial charge in [-0.3, -0.25) is 18.5 Å². The molecule has 1 fully saturated rings. The highest BCUT2D eigenvalue weighted by Crippen LogP contribution is 2.57. The Hall–Kier alpha value is -2.90. The van der Waals surface area contributed by atoms with Gasteiger partial charge in [0, 0.05) is 12.3 Å². The lowest BCUT2D eigenvalue weighted by atomic mass is 10.1. The number of hydrogen-bond donors (Lipinski definition) is 5. The average Bonchev–Trinajstić information content (AvgIpc) is 3.33. The van der Waals surface area contributed by atoms with Crippen molar-refractivity contribution in [3.8, 4) is 5.75 Å². The molecule has 0 spiro atoms. The van der Waals surface area contributed by atoms with E-state index < -0.39 is 76.7 Å². The summed E-state index contributed by atoms with van der Waals surface area (Å²) in [5, 5.41) is 24.3. The maximum Gasteiger partial charge on any atom is 0.573 e. The zero-order chi connectivity index (χ0) is 29.6. The van der Waals surface area contributed by atoms with Gasteiger partial charge in [-0.15, -0.1) is 13.2 Å². The minimum absolute atomic E-state index is 0.0123. The van der Waals surface area contributed by atoms with Gasteiger partial charge in [0.05, 0.1) is 18.5 Å². The van der Waals surface area contributed by atoms with Crippen LogP contribution in [0.4, 0.5) is 13.2 Å². The van der Waals surface area contributed by atoms with Crippen LogP contribution in [0.15, 0.2) is 44.6 Å². The van der Waals surface area contributed by atoms with Crippen LogP contribution in [0.1, 0.15) is 11.9 Å². The largest absolute Gasteiger partial charge is 0.573 e. The van der Waals surface area contributed by atoms with E-state index in [1.165, 1.54) is 0 Å².